The van der Waals surface area contributed by atoms with Gasteiger partial charge in [0.1, 0.15) is 5.82 Å². The predicted octanol–water partition coefficient (Wildman–Crippen LogP) is 3.73. The zero-order valence-corrected chi connectivity index (χ0v) is 12.6. The molecule has 2 nitrogen and oxygen atoms in total. The lowest BCUT2D eigenvalue weighted by molar-refractivity contribution is 0.435. The van der Waals surface area contributed by atoms with Gasteiger partial charge in [0.25, 0.3) is 0 Å². The Balaban J connectivity index is 2.10. The van der Waals surface area contributed by atoms with Gasteiger partial charge in [0.2, 0.25) is 0 Å². The molecular weight excluding hydrogens is 251 g/mol. The van der Waals surface area contributed by atoms with Crippen LogP contribution >= 0.6 is 0 Å². The summed E-state index contributed by atoms with van der Waals surface area (Å²) in [6, 6.07) is 5.15. The van der Waals surface area contributed by atoms with Gasteiger partial charge in [-0.2, -0.15) is 0 Å². The van der Waals surface area contributed by atoms with Crippen LogP contribution in [0.2, 0.25) is 0 Å². The fourth-order valence-electron chi connectivity index (χ4n) is 3.32. The molecule has 1 fully saturated rings. The van der Waals surface area contributed by atoms with Gasteiger partial charge >= 0.3 is 0 Å². The number of benzene rings is 1. The summed E-state index contributed by atoms with van der Waals surface area (Å²) in [4.78, 5) is 2.43. The molecule has 1 aromatic carbocycles. The lowest BCUT2D eigenvalue weighted by atomic mass is 9.96. The van der Waals surface area contributed by atoms with Crippen molar-refractivity contribution < 1.29 is 4.39 Å². The molecule has 1 atom stereocenters. The van der Waals surface area contributed by atoms with E-state index < -0.39 is 0 Å². The van der Waals surface area contributed by atoms with Gasteiger partial charge in [-0.05, 0) is 61.9 Å². The van der Waals surface area contributed by atoms with Crippen molar-refractivity contribution in [2.24, 2.45) is 11.7 Å². The zero-order chi connectivity index (χ0) is 14.4. The van der Waals surface area contributed by atoms with Crippen LogP contribution in [0.1, 0.15) is 44.6 Å². The normalized spacial score (nSPS) is 19.9. The summed E-state index contributed by atoms with van der Waals surface area (Å²) in [6.45, 7) is 5.02. The molecule has 0 aliphatic carbocycles. The molecule has 1 heterocycles. The number of nitrogens with two attached hydrogens (primary N) is 1. The first kappa shape index (κ1) is 15.3. The highest BCUT2D eigenvalue weighted by Crippen LogP contribution is 2.28. The topological polar surface area (TPSA) is 29.3 Å². The summed E-state index contributed by atoms with van der Waals surface area (Å²) >= 11 is 0. The van der Waals surface area contributed by atoms with E-state index in [0.717, 1.165) is 31.0 Å². The van der Waals surface area contributed by atoms with Crippen LogP contribution in [0.4, 0.5) is 10.1 Å². The average Bonchev–Trinajstić information content (AvgIpc) is 2.66. The molecule has 1 aliphatic heterocycles. The van der Waals surface area contributed by atoms with Crippen molar-refractivity contribution in [1.29, 1.82) is 0 Å². The summed E-state index contributed by atoms with van der Waals surface area (Å²) < 4.78 is 13.4. The van der Waals surface area contributed by atoms with Gasteiger partial charge in [-0.15, -0.1) is 0 Å². The maximum Gasteiger partial charge on any atom is 0.123 e. The van der Waals surface area contributed by atoms with E-state index in [1.807, 2.05) is 6.07 Å². The summed E-state index contributed by atoms with van der Waals surface area (Å²) in [7, 11) is 0. The minimum Gasteiger partial charge on any atom is -0.371 e. The molecule has 2 N–H and O–H groups in total. The van der Waals surface area contributed by atoms with Crippen molar-refractivity contribution in [3.05, 3.63) is 29.6 Å². The van der Waals surface area contributed by atoms with E-state index in [1.54, 1.807) is 12.1 Å². The van der Waals surface area contributed by atoms with Crippen LogP contribution in [0.15, 0.2) is 18.2 Å². The number of nitrogens with zero attached hydrogens (tertiary/aromatic N) is 1. The second kappa shape index (κ2) is 7.63. The molecule has 0 radical (unpaired) electrons. The van der Waals surface area contributed by atoms with Gasteiger partial charge in [-0.25, -0.2) is 4.39 Å². The van der Waals surface area contributed by atoms with E-state index in [4.69, 9.17) is 5.73 Å². The first-order valence-electron chi connectivity index (χ1n) is 7.98. The van der Waals surface area contributed by atoms with Gasteiger partial charge in [-0.3, -0.25) is 0 Å². The van der Waals surface area contributed by atoms with Gasteiger partial charge < -0.3 is 10.6 Å². The van der Waals surface area contributed by atoms with Gasteiger partial charge in [0.05, 0.1) is 0 Å². The van der Waals surface area contributed by atoms with Crippen molar-refractivity contribution in [3.63, 3.8) is 0 Å². The highest BCUT2D eigenvalue weighted by atomic mass is 19.1. The minimum atomic E-state index is -0.157. The number of halogens is 1. The molecule has 1 saturated heterocycles. The van der Waals surface area contributed by atoms with Crippen molar-refractivity contribution in [1.82, 2.24) is 0 Å². The summed E-state index contributed by atoms with van der Waals surface area (Å²) in [5, 5.41) is 0. The lowest BCUT2D eigenvalue weighted by Crippen LogP contribution is -2.26. The Kier molecular flexibility index (Phi) is 5.84. The third-order valence-corrected chi connectivity index (χ3v) is 4.34. The summed E-state index contributed by atoms with van der Waals surface area (Å²) in [5.41, 5.74) is 7.91. The zero-order valence-electron chi connectivity index (χ0n) is 12.6. The van der Waals surface area contributed by atoms with Gasteiger partial charge in [0.15, 0.2) is 0 Å². The van der Waals surface area contributed by atoms with E-state index in [9.17, 15) is 4.39 Å². The Morgan fingerprint density at radius 1 is 1.30 bits per heavy atom. The van der Waals surface area contributed by atoms with Crippen LogP contribution in [0.5, 0.6) is 0 Å². The maximum absolute atomic E-state index is 13.4. The second-order valence-electron chi connectivity index (χ2n) is 5.88. The van der Waals surface area contributed by atoms with Crippen molar-refractivity contribution >= 4 is 5.69 Å². The largest absolute Gasteiger partial charge is 0.371 e. The smallest absolute Gasteiger partial charge is 0.123 e. The Labute approximate surface area is 122 Å². The third kappa shape index (κ3) is 3.95. The fourth-order valence-corrected chi connectivity index (χ4v) is 3.32. The fraction of sp³-hybridized carbons (Fsp3) is 0.647. The van der Waals surface area contributed by atoms with Crippen LogP contribution in [0, 0.1) is 11.7 Å². The molecular formula is C17H27FN2. The third-order valence-electron chi connectivity index (χ3n) is 4.34. The number of anilines is 1. The highest BCUT2D eigenvalue weighted by molar-refractivity contribution is 5.54. The number of rotatable bonds is 5. The van der Waals surface area contributed by atoms with E-state index in [0.29, 0.717) is 6.54 Å². The highest BCUT2D eigenvalue weighted by Gasteiger charge is 2.18. The maximum atomic E-state index is 13.4. The predicted molar refractivity (Wildman–Crippen MR) is 83.6 cm³/mol. The number of hydrogen-bond acceptors (Lipinski definition) is 2. The average molecular weight is 278 g/mol. The van der Waals surface area contributed by atoms with Crippen LogP contribution in [-0.2, 0) is 6.42 Å². The molecule has 1 unspecified atom stereocenters. The standard InChI is InChI=1S/C17H27FN2/c1-2-4-14-5-3-11-20(12-9-14)17-7-6-16(18)13-15(17)8-10-19/h6-7,13-14H,2-5,8-12,19H2,1H3. The minimum absolute atomic E-state index is 0.157. The lowest BCUT2D eigenvalue weighted by Gasteiger charge is -2.25. The van der Waals surface area contributed by atoms with E-state index in [2.05, 4.69) is 11.8 Å². The van der Waals surface area contributed by atoms with Crippen LogP contribution in [0.3, 0.4) is 0 Å². The Morgan fingerprint density at radius 3 is 2.90 bits per heavy atom. The Morgan fingerprint density at radius 2 is 2.15 bits per heavy atom. The van der Waals surface area contributed by atoms with Crippen molar-refractivity contribution in [2.45, 2.75) is 45.4 Å². The first-order chi connectivity index (χ1) is 9.74. The van der Waals surface area contributed by atoms with Crippen LogP contribution in [0.25, 0.3) is 0 Å². The monoisotopic (exact) mass is 278 g/mol. The van der Waals surface area contributed by atoms with E-state index in [1.165, 1.54) is 37.8 Å². The van der Waals surface area contributed by atoms with Crippen LogP contribution in [-0.4, -0.2) is 19.6 Å². The quantitative estimate of drug-likeness (QED) is 0.889. The molecule has 1 aliphatic rings. The Bertz CT molecular complexity index is 419. The molecule has 3 heteroatoms. The second-order valence-corrected chi connectivity index (χ2v) is 5.88. The first-order valence-corrected chi connectivity index (χ1v) is 7.98. The van der Waals surface area contributed by atoms with Crippen molar-refractivity contribution in [3.8, 4) is 0 Å². The molecule has 0 bridgehead atoms. The molecule has 1 aromatic rings. The Hall–Kier alpha value is -1.09. The van der Waals surface area contributed by atoms with Crippen molar-refractivity contribution in [2.75, 3.05) is 24.5 Å². The molecule has 0 amide bonds. The summed E-state index contributed by atoms with van der Waals surface area (Å²) in [6.07, 6.45) is 7.20. The van der Waals surface area contributed by atoms with E-state index in [-0.39, 0.29) is 5.82 Å². The molecule has 0 aromatic heterocycles. The van der Waals surface area contributed by atoms with Gasteiger partial charge in [0, 0.05) is 18.8 Å². The molecule has 112 valence electrons. The van der Waals surface area contributed by atoms with E-state index >= 15 is 0 Å². The van der Waals surface area contributed by atoms with Gasteiger partial charge in [-0.1, -0.05) is 19.8 Å². The molecule has 20 heavy (non-hydrogen) atoms. The van der Waals surface area contributed by atoms with Crippen LogP contribution < -0.4 is 10.6 Å². The molecule has 0 spiro atoms. The SMILES string of the molecule is CCCC1CCCN(c2ccc(F)cc2CCN)CC1. The summed E-state index contributed by atoms with van der Waals surface area (Å²) in [5.74, 6) is 0.708. The number of hydrogen-bond donors (Lipinski definition) is 1. The molecule has 0 saturated carbocycles. The molecule has 2 rings (SSSR count).